The van der Waals surface area contributed by atoms with Crippen molar-refractivity contribution in [3.05, 3.63) is 74.9 Å². The van der Waals surface area contributed by atoms with Crippen LogP contribution in [0.1, 0.15) is 49.4 Å². The van der Waals surface area contributed by atoms with Crippen LogP contribution in [0.25, 0.3) is 11.4 Å². The van der Waals surface area contributed by atoms with Crippen molar-refractivity contribution in [1.29, 1.82) is 0 Å². The van der Waals surface area contributed by atoms with E-state index in [-0.39, 0.29) is 17.2 Å². The average Bonchev–Trinajstić information content (AvgIpc) is 3.12. The van der Waals surface area contributed by atoms with Gasteiger partial charge in [0.2, 0.25) is 5.95 Å². The molecule has 2 heterocycles. The van der Waals surface area contributed by atoms with Gasteiger partial charge in [-0.1, -0.05) is 54.0 Å². The first kappa shape index (κ1) is 20.2. The number of anilines is 1. The van der Waals surface area contributed by atoms with Crippen LogP contribution in [0, 0.1) is 19.3 Å². The molecule has 3 aromatic rings. The van der Waals surface area contributed by atoms with Crippen LogP contribution in [0.15, 0.2) is 58.2 Å². The minimum atomic E-state index is -0.282. The maximum atomic E-state index is 13.3. The Hall–Kier alpha value is -2.73. The molecule has 158 valence electrons. The summed E-state index contributed by atoms with van der Waals surface area (Å²) in [5, 5.41) is 8.33. The van der Waals surface area contributed by atoms with Crippen molar-refractivity contribution in [2.45, 2.75) is 46.6 Å². The zero-order chi connectivity index (χ0) is 21.9. The molecule has 5 rings (SSSR count). The van der Waals surface area contributed by atoms with Crippen molar-refractivity contribution in [3.8, 4) is 11.4 Å². The van der Waals surface area contributed by atoms with Gasteiger partial charge in [-0.15, -0.1) is 5.10 Å². The number of fused-ring (bicyclic) bond motifs is 1. The Morgan fingerprint density at radius 2 is 1.81 bits per heavy atom. The van der Waals surface area contributed by atoms with Gasteiger partial charge in [0.25, 0.3) is 0 Å². The lowest BCUT2D eigenvalue weighted by atomic mass is 9.73. The van der Waals surface area contributed by atoms with Crippen molar-refractivity contribution in [3.63, 3.8) is 0 Å². The molecule has 0 saturated heterocycles. The lowest BCUT2D eigenvalue weighted by molar-refractivity contribution is -0.118. The average molecular weight is 477 g/mol. The molecule has 6 heteroatoms. The third kappa shape index (κ3) is 3.53. The molecule has 1 aliphatic heterocycles. The van der Waals surface area contributed by atoms with Crippen molar-refractivity contribution >= 4 is 27.7 Å². The summed E-state index contributed by atoms with van der Waals surface area (Å²) in [6.45, 7) is 8.48. The third-order valence-corrected chi connectivity index (χ3v) is 6.81. The van der Waals surface area contributed by atoms with Gasteiger partial charge in [-0.25, -0.2) is 4.68 Å². The molecule has 0 spiro atoms. The highest BCUT2D eigenvalue weighted by Crippen LogP contribution is 2.45. The molecule has 1 aliphatic carbocycles. The number of aromatic nitrogens is 3. The van der Waals surface area contributed by atoms with E-state index >= 15 is 0 Å². The Balaban J connectivity index is 1.67. The molecule has 0 radical (unpaired) electrons. The van der Waals surface area contributed by atoms with Gasteiger partial charge in [-0.2, -0.15) is 4.98 Å². The molecule has 5 nitrogen and oxygen atoms in total. The first-order valence-corrected chi connectivity index (χ1v) is 11.3. The minimum absolute atomic E-state index is 0.0771. The predicted molar refractivity (Wildman–Crippen MR) is 126 cm³/mol. The highest BCUT2D eigenvalue weighted by atomic mass is 79.9. The van der Waals surface area contributed by atoms with Crippen LogP contribution < -0.4 is 5.32 Å². The number of allylic oxidation sites excluding steroid dienone is 2. The largest absolute Gasteiger partial charge is 0.328 e. The van der Waals surface area contributed by atoms with Gasteiger partial charge in [-0.05, 0) is 60.6 Å². The smallest absolute Gasteiger partial charge is 0.226 e. The number of Topliss-reactive ketones (excluding diaryl/α,β-unsaturated/α-hetero) is 1. The first-order chi connectivity index (χ1) is 14.7. The maximum Gasteiger partial charge on any atom is 0.226 e. The van der Waals surface area contributed by atoms with E-state index in [0.29, 0.717) is 18.2 Å². The monoisotopic (exact) mass is 476 g/mol. The highest BCUT2D eigenvalue weighted by molar-refractivity contribution is 9.10. The second-order valence-corrected chi connectivity index (χ2v) is 10.3. The normalized spacial score (nSPS) is 19.6. The molecule has 0 saturated carbocycles. The lowest BCUT2D eigenvalue weighted by Crippen LogP contribution is -2.36. The van der Waals surface area contributed by atoms with E-state index in [1.165, 1.54) is 11.1 Å². The van der Waals surface area contributed by atoms with Crippen molar-refractivity contribution in [2.24, 2.45) is 5.41 Å². The topological polar surface area (TPSA) is 59.8 Å². The van der Waals surface area contributed by atoms with E-state index in [2.05, 4.69) is 79.3 Å². The molecule has 2 aliphatic rings. The number of carbonyl (C=O) groups is 1. The fourth-order valence-corrected chi connectivity index (χ4v) is 4.83. The zero-order valence-corrected chi connectivity index (χ0v) is 19.7. The first-order valence-electron chi connectivity index (χ1n) is 10.5. The number of aryl methyl sites for hydroxylation is 2. The Morgan fingerprint density at radius 3 is 2.52 bits per heavy atom. The van der Waals surface area contributed by atoms with E-state index in [4.69, 9.17) is 10.1 Å². The highest BCUT2D eigenvalue weighted by Gasteiger charge is 2.41. The Morgan fingerprint density at radius 1 is 1.06 bits per heavy atom. The molecule has 1 N–H and O–H groups in total. The van der Waals surface area contributed by atoms with Crippen molar-refractivity contribution in [2.75, 3.05) is 5.32 Å². The second kappa shape index (κ2) is 7.16. The van der Waals surface area contributed by atoms with E-state index in [1.54, 1.807) is 0 Å². The van der Waals surface area contributed by atoms with Gasteiger partial charge in [-0.3, -0.25) is 4.79 Å². The molecule has 0 fully saturated rings. The van der Waals surface area contributed by atoms with E-state index < -0.39 is 0 Å². The van der Waals surface area contributed by atoms with Crippen LogP contribution in [0.5, 0.6) is 0 Å². The Labute approximate surface area is 190 Å². The van der Waals surface area contributed by atoms with Crippen LogP contribution in [0.4, 0.5) is 5.95 Å². The number of benzene rings is 2. The maximum absolute atomic E-state index is 13.3. The van der Waals surface area contributed by atoms with E-state index in [9.17, 15) is 4.79 Å². The molecule has 1 atom stereocenters. The van der Waals surface area contributed by atoms with Crippen LogP contribution in [-0.2, 0) is 4.79 Å². The number of hydrogen-bond donors (Lipinski definition) is 1. The van der Waals surface area contributed by atoms with Gasteiger partial charge in [0, 0.05) is 27.7 Å². The van der Waals surface area contributed by atoms with Crippen LogP contribution >= 0.6 is 15.9 Å². The summed E-state index contributed by atoms with van der Waals surface area (Å²) in [5.41, 5.74) is 6.16. The predicted octanol–water partition coefficient (Wildman–Crippen LogP) is 5.98. The van der Waals surface area contributed by atoms with E-state index in [1.807, 2.05) is 16.8 Å². The zero-order valence-electron chi connectivity index (χ0n) is 18.2. The van der Waals surface area contributed by atoms with Crippen LogP contribution in [-0.4, -0.2) is 20.5 Å². The molecule has 2 aromatic carbocycles. The summed E-state index contributed by atoms with van der Waals surface area (Å²) in [4.78, 5) is 18.1. The number of nitrogens with one attached hydrogen (secondary N) is 1. The fraction of sp³-hybridized carbons (Fsp3) is 0.320. The van der Waals surface area contributed by atoms with Gasteiger partial charge in [0.15, 0.2) is 11.6 Å². The lowest BCUT2D eigenvalue weighted by Gasteiger charge is -2.38. The summed E-state index contributed by atoms with van der Waals surface area (Å²) in [5.74, 6) is 1.53. The van der Waals surface area contributed by atoms with Gasteiger partial charge in [0.1, 0.15) is 6.04 Å². The molecule has 1 unspecified atom stereocenters. The van der Waals surface area contributed by atoms with Crippen LogP contribution in [0.2, 0.25) is 0 Å². The van der Waals surface area contributed by atoms with Gasteiger partial charge < -0.3 is 5.32 Å². The van der Waals surface area contributed by atoms with Gasteiger partial charge in [0.05, 0.1) is 0 Å². The number of carbonyl (C=O) groups excluding carboxylic acids is 1. The standard InChI is InChI=1S/C25H25BrN4O/c1-14-5-6-17(11-15(14)2)23-28-24-27-19-12-25(3,4)13-20(31)21(19)22(30(24)29-23)16-7-9-18(26)10-8-16/h5-11,22H,12-13H2,1-4H3,(H,27,28,29). The number of nitrogens with zero attached hydrogens (tertiary/aromatic N) is 3. The summed E-state index contributed by atoms with van der Waals surface area (Å²) < 4.78 is 2.88. The van der Waals surface area contributed by atoms with Crippen molar-refractivity contribution < 1.29 is 4.79 Å². The summed E-state index contributed by atoms with van der Waals surface area (Å²) in [6, 6.07) is 14.1. The minimum Gasteiger partial charge on any atom is -0.328 e. The SMILES string of the molecule is Cc1ccc(-c2nc3n(n2)C(c2ccc(Br)cc2)C2=C(CC(C)(C)CC2=O)N3)cc1C. The van der Waals surface area contributed by atoms with E-state index in [0.717, 1.165) is 33.3 Å². The second-order valence-electron chi connectivity index (χ2n) is 9.41. The third-order valence-electron chi connectivity index (χ3n) is 6.28. The molecule has 1 aromatic heterocycles. The van der Waals surface area contributed by atoms with Crippen LogP contribution in [0.3, 0.4) is 0 Å². The van der Waals surface area contributed by atoms with Crippen molar-refractivity contribution in [1.82, 2.24) is 14.8 Å². The fourth-order valence-electron chi connectivity index (χ4n) is 4.57. The number of rotatable bonds is 2. The molecular weight excluding hydrogens is 452 g/mol. The Kier molecular flexibility index (Phi) is 4.66. The quantitative estimate of drug-likeness (QED) is 0.493. The van der Waals surface area contributed by atoms with Gasteiger partial charge >= 0.3 is 0 Å². The Bertz CT molecular complexity index is 1240. The number of halogens is 1. The molecule has 0 bridgehead atoms. The summed E-state index contributed by atoms with van der Waals surface area (Å²) >= 11 is 3.52. The summed E-state index contributed by atoms with van der Waals surface area (Å²) in [7, 11) is 0. The number of ketones is 1. The molecular formula is C25H25BrN4O. The molecule has 31 heavy (non-hydrogen) atoms. The number of hydrogen-bond acceptors (Lipinski definition) is 4. The summed E-state index contributed by atoms with van der Waals surface area (Å²) in [6.07, 6.45) is 1.35. The molecule has 0 amide bonds.